The van der Waals surface area contributed by atoms with Crippen LogP contribution in [0, 0.1) is 5.82 Å². The number of carbonyl (C=O) groups is 1. The third kappa shape index (κ3) is 3.02. The molecule has 4 rings (SSSR count). The number of hydrogen-bond donors (Lipinski definition) is 1. The fraction of sp³-hybridized carbons (Fsp3) is 0.111. The van der Waals surface area contributed by atoms with Crippen LogP contribution in [0.5, 0.6) is 5.75 Å². The van der Waals surface area contributed by atoms with Crippen molar-refractivity contribution in [2.45, 2.75) is 6.10 Å². The van der Waals surface area contributed by atoms with Gasteiger partial charge in [0.15, 0.2) is 6.10 Å². The average molecular weight is 393 g/mol. The number of carbonyl (C=O) groups excluding carboxylic acids is 1. The number of benzene rings is 2. The largest absolute Gasteiger partial charge is 0.489 e. The first-order chi connectivity index (χ1) is 12.5. The fourth-order valence-corrected chi connectivity index (χ4v) is 3.10. The molecule has 2 aromatic carbocycles. The van der Waals surface area contributed by atoms with Gasteiger partial charge in [0.05, 0.1) is 16.9 Å². The predicted octanol–water partition coefficient (Wildman–Crippen LogP) is 4.81. The van der Waals surface area contributed by atoms with E-state index in [-0.39, 0.29) is 17.2 Å². The van der Waals surface area contributed by atoms with Crippen LogP contribution >= 0.6 is 23.2 Å². The van der Waals surface area contributed by atoms with Crippen LogP contribution in [0.3, 0.4) is 0 Å². The average Bonchev–Trinajstić information content (AvgIpc) is 3.24. The molecular weight excluding hydrogens is 382 g/mol. The zero-order valence-electron chi connectivity index (χ0n) is 13.1. The topological polar surface area (TPSA) is 64.2 Å². The van der Waals surface area contributed by atoms with Crippen molar-refractivity contribution in [3.8, 4) is 17.0 Å². The third-order valence-corrected chi connectivity index (χ3v) is 4.55. The minimum absolute atomic E-state index is 0.0496. The van der Waals surface area contributed by atoms with Crippen molar-refractivity contribution in [3.63, 3.8) is 0 Å². The molecule has 132 valence electrons. The molecule has 0 saturated carbocycles. The van der Waals surface area contributed by atoms with Crippen LogP contribution in [-0.4, -0.2) is 22.8 Å². The van der Waals surface area contributed by atoms with Crippen molar-refractivity contribution in [1.82, 2.24) is 10.2 Å². The first kappa shape index (κ1) is 16.9. The molecule has 1 atom stereocenters. The highest BCUT2D eigenvalue weighted by atomic mass is 35.5. The van der Waals surface area contributed by atoms with Crippen LogP contribution in [0.1, 0.15) is 22.0 Å². The maximum absolute atomic E-state index is 13.4. The molecule has 1 unspecified atom stereocenters. The van der Waals surface area contributed by atoms with Gasteiger partial charge in [0.1, 0.15) is 23.7 Å². The number of nitrogens with zero attached hydrogens (tertiary/aromatic N) is 1. The Morgan fingerprint density at radius 3 is 2.92 bits per heavy atom. The summed E-state index contributed by atoms with van der Waals surface area (Å²) < 4.78 is 24.4. The Kier molecular flexibility index (Phi) is 4.30. The molecule has 5 nitrogen and oxygen atoms in total. The standard InChI is InChI=1S/C18H11Cl2FN2O3/c19-10-2-3-11-15(6-10)25-8-16(11)26-18(24)12-7-22-23-17(12)9-1-4-14(21)13(20)5-9/h1-7,16H,8H2,(H,22,23). The van der Waals surface area contributed by atoms with Gasteiger partial charge in [-0.1, -0.05) is 23.2 Å². The number of rotatable bonds is 3. The van der Waals surface area contributed by atoms with E-state index in [1.165, 1.54) is 24.4 Å². The summed E-state index contributed by atoms with van der Waals surface area (Å²) in [7, 11) is 0. The van der Waals surface area contributed by atoms with Crippen LogP contribution in [0.15, 0.2) is 42.6 Å². The van der Waals surface area contributed by atoms with Gasteiger partial charge in [-0.2, -0.15) is 5.10 Å². The summed E-state index contributed by atoms with van der Waals surface area (Å²) >= 11 is 11.7. The molecule has 0 radical (unpaired) electrons. The predicted molar refractivity (Wildman–Crippen MR) is 94.1 cm³/mol. The van der Waals surface area contributed by atoms with E-state index in [0.717, 1.165) is 5.56 Å². The minimum Gasteiger partial charge on any atom is -0.489 e. The first-order valence-corrected chi connectivity index (χ1v) is 8.40. The molecule has 26 heavy (non-hydrogen) atoms. The molecule has 0 amide bonds. The summed E-state index contributed by atoms with van der Waals surface area (Å²) in [6, 6.07) is 9.28. The van der Waals surface area contributed by atoms with Crippen LogP contribution in [0.2, 0.25) is 10.0 Å². The van der Waals surface area contributed by atoms with Crippen LogP contribution in [-0.2, 0) is 4.74 Å². The van der Waals surface area contributed by atoms with Gasteiger partial charge in [-0.05, 0) is 36.4 Å². The van der Waals surface area contributed by atoms with Gasteiger partial charge in [-0.3, -0.25) is 5.10 Å². The van der Waals surface area contributed by atoms with Gasteiger partial charge < -0.3 is 9.47 Å². The second kappa shape index (κ2) is 6.63. The lowest BCUT2D eigenvalue weighted by atomic mass is 10.1. The van der Waals surface area contributed by atoms with E-state index in [1.807, 2.05) is 0 Å². The molecule has 1 aliphatic heterocycles. The van der Waals surface area contributed by atoms with Gasteiger partial charge >= 0.3 is 5.97 Å². The Labute approximate surface area is 157 Å². The first-order valence-electron chi connectivity index (χ1n) is 7.65. The highest BCUT2D eigenvalue weighted by molar-refractivity contribution is 6.31. The number of nitrogens with one attached hydrogen (secondary N) is 1. The third-order valence-electron chi connectivity index (χ3n) is 4.03. The number of aromatic nitrogens is 2. The van der Waals surface area contributed by atoms with Crippen molar-refractivity contribution in [2.75, 3.05) is 6.61 Å². The normalized spacial score (nSPS) is 15.4. The lowest BCUT2D eigenvalue weighted by Gasteiger charge is -2.11. The van der Waals surface area contributed by atoms with Gasteiger partial charge in [0, 0.05) is 16.1 Å². The molecule has 0 saturated heterocycles. The van der Waals surface area contributed by atoms with E-state index in [1.54, 1.807) is 18.2 Å². The van der Waals surface area contributed by atoms with E-state index in [4.69, 9.17) is 32.7 Å². The second-order valence-electron chi connectivity index (χ2n) is 5.67. The number of halogens is 3. The maximum Gasteiger partial charge on any atom is 0.342 e. The van der Waals surface area contributed by atoms with E-state index in [0.29, 0.717) is 22.0 Å². The monoisotopic (exact) mass is 392 g/mol. The molecule has 2 heterocycles. The Morgan fingerprint density at radius 1 is 1.27 bits per heavy atom. The Bertz CT molecular complexity index is 1010. The smallest absolute Gasteiger partial charge is 0.342 e. The molecule has 0 aliphatic carbocycles. The summed E-state index contributed by atoms with van der Waals surface area (Å²) in [4.78, 5) is 12.6. The van der Waals surface area contributed by atoms with Crippen molar-refractivity contribution in [3.05, 3.63) is 69.6 Å². The molecule has 0 spiro atoms. The second-order valence-corrected chi connectivity index (χ2v) is 6.52. The van der Waals surface area contributed by atoms with Crippen LogP contribution in [0.4, 0.5) is 4.39 Å². The van der Waals surface area contributed by atoms with Gasteiger partial charge in [-0.15, -0.1) is 0 Å². The highest BCUT2D eigenvalue weighted by Crippen LogP contribution is 2.37. The van der Waals surface area contributed by atoms with Gasteiger partial charge in [0.2, 0.25) is 0 Å². The SMILES string of the molecule is O=C(OC1COc2cc(Cl)ccc21)c1cn[nH]c1-c1ccc(F)c(Cl)c1. The molecule has 1 aliphatic rings. The van der Waals surface area contributed by atoms with E-state index < -0.39 is 17.9 Å². The van der Waals surface area contributed by atoms with Crippen molar-refractivity contribution >= 4 is 29.2 Å². The van der Waals surface area contributed by atoms with Crippen molar-refractivity contribution in [2.24, 2.45) is 0 Å². The lowest BCUT2D eigenvalue weighted by Crippen LogP contribution is -2.13. The van der Waals surface area contributed by atoms with Crippen LogP contribution in [0.25, 0.3) is 11.3 Å². The van der Waals surface area contributed by atoms with Gasteiger partial charge in [-0.25, -0.2) is 9.18 Å². The molecule has 1 aromatic heterocycles. The number of aromatic amines is 1. The lowest BCUT2D eigenvalue weighted by molar-refractivity contribution is 0.0249. The number of hydrogen-bond acceptors (Lipinski definition) is 4. The molecule has 0 fully saturated rings. The highest BCUT2D eigenvalue weighted by Gasteiger charge is 2.29. The Balaban J connectivity index is 1.59. The quantitative estimate of drug-likeness (QED) is 0.649. The zero-order chi connectivity index (χ0) is 18.3. The zero-order valence-corrected chi connectivity index (χ0v) is 14.6. The number of ether oxygens (including phenoxy) is 2. The van der Waals surface area contributed by atoms with E-state index >= 15 is 0 Å². The number of fused-ring (bicyclic) bond motifs is 1. The number of H-pyrrole nitrogens is 1. The minimum atomic E-state index is -0.578. The van der Waals surface area contributed by atoms with Crippen molar-refractivity contribution < 1.29 is 18.7 Å². The summed E-state index contributed by atoms with van der Waals surface area (Å²) in [5.41, 5.74) is 1.88. The summed E-state index contributed by atoms with van der Waals surface area (Å²) in [5.74, 6) is -0.531. The molecular formula is C18H11Cl2FN2O3. The molecule has 0 bridgehead atoms. The molecule has 3 aromatic rings. The van der Waals surface area contributed by atoms with Crippen molar-refractivity contribution in [1.29, 1.82) is 0 Å². The summed E-state index contributed by atoms with van der Waals surface area (Å²) in [6.07, 6.45) is 0.808. The fourth-order valence-electron chi connectivity index (χ4n) is 2.76. The Morgan fingerprint density at radius 2 is 2.12 bits per heavy atom. The number of esters is 1. The van der Waals surface area contributed by atoms with Crippen LogP contribution < -0.4 is 4.74 Å². The summed E-state index contributed by atoms with van der Waals surface area (Å²) in [6.45, 7) is 0.205. The van der Waals surface area contributed by atoms with E-state index in [9.17, 15) is 9.18 Å². The Hall–Kier alpha value is -2.57. The van der Waals surface area contributed by atoms with Gasteiger partial charge in [0.25, 0.3) is 0 Å². The van der Waals surface area contributed by atoms with E-state index in [2.05, 4.69) is 10.2 Å². The molecule has 1 N–H and O–H groups in total. The summed E-state index contributed by atoms with van der Waals surface area (Å²) in [5, 5.41) is 7.10. The molecule has 8 heteroatoms. The maximum atomic E-state index is 13.4.